The molecular formula is C10H9BrN2O3. The van der Waals surface area contributed by atoms with E-state index in [0.717, 1.165) is 5.56 Å². The van der Waals surface area contributed by atoms with E-state index in [9.17, 15) is 14.9 Å². The maximum atomic E-state index is 11.4. The molecule has 1 aliphatic rings. The third-order valence-corrected chi connectivity index (χ3v) is 3.04. The van der Waals surface area contributed by atoms with Crippen LogP contribution in [0.2, 0.25) is 0 Å². The van der Waals surface area contributed by atoms with Gasteiger partial charge in [0.15, 0.2) is 0 Å². The molecule has 1 aliphatic heterocycles. The molecule has 0 aromatic heterocycles. The highest BCUT2D eigenvalue weighted by Gasteiger charge is 2.31. The molecule has 0 aliphatic carbocycles. The lowest BCUT2D eigenvalue weighted by Crippen LogP contribution is -2.26. The molecule has 2 rings (SSSR count). The SMILES string of the molecule is CC(=O)N1CCc2cc(Br)cc([N+](=O)[O-])c21. The number of anilines is 1. The third-order valence-electron chi connectivity index (χ3n) is 2.58. The number of hydrogen-bond donors (Lipinski definition) is 0. The first-order valence-corrected chi connectivity index (χ1v) is 5.55. The Hall–Kier alpha value is -1.43. The molecule has 1 amide bonds. The van der Waals surface area contributed by atoms with Crippen molar-refractivity contribution < 1.29 is 9.72 Å². The van der Waals surface area contributed by atoms with Crippen LogP contribution >= 0.6 is 15.9 Å². The van der Waals surface area contributed by atoms with Gasteiger partial charge in [0.25, 0.3) is 5.69 Å². The minimum absolute atomic E-state index is 0.0166. The van der Waals surface area contributed by atoms with E-state index in [4.69, 9.17) is 0 Å². The lowest BCUT2D eigenvalue weighted by molar-refractivity contribution is -0.384. The van der Waals surface area contributed by atoms with Gasteiger partial charge in [0, 0.05) is 24.0 Å². The van der Waals surface area contributed by atoms with Gasteiger partial charge in [-0.05, 0) is 18.1 Å². The number of nitro groups is 1. The molecule has 1 heterocycles. The van der Waals surface area contributed by atoms with Crippen molar-refractivity contribution in [1.29, 1.82) is 0 Å². The normalized spacial score (nSPS) is 13.8. The summed E-state index contributed by atoms with van der Waals surface area (Å²) in [7, 11) is 0. The summed E-state index contributed by atoms with van der Waals surface area (Å²) in [5.74, 6) is -0.163. The predicted octanol–water partition coefficient (Wildman–Crippen LogP) is 2.27. The highest BCUT2D eigenvalue weighted by molar-refractivity contribution is 9.10. The Morgan fingerprint density at radius 2 is 2.25 bits per heavy atom. The number of halogens is 1. The number of amides is 1. The van der Waals surface area contributed by atoms with Gasteiger partial charge < -0.3 is 4.90 Å². The van der Waals surface area contributed by atoms with Crippen molar-refractivity contribution in [2.45, 2.75) is 13.3 Å². The van der Waals surface area contributed by atoms with E-state index in [2.05, 4.69) is 15.9 Å². The van der Waals surface area contributed by atoms with Gasteiger partial charge in [0.1, 0.15) is 5.69 Å². The summed E-state index contributed by atoms with van der Waals surface area (Å²) in [5.41, 5.74) is 1.27. The number of hydrogen-bond acceptors (Lipinski definition) is 3. The molecule has 0 fully saturated rings. The zero-order chi connectivity index (χ0) is 11.9. The molecule has 1 aromatic rings. The number of carbonyl (C=O) groups excluding carboxylic acids is 1. The molecule has 16 heavy (non-hydrogen) atoms. The van der Waals surface area contributed by atoms with Gasteiger partial charge in [-0.1, -0.05) is 15.9 Å². The lowest BCUT2D eigenvalue weighted by Gasteiger charge is -2.14. The summed E-state index contributed by atoms with van der Waals surface area (Å²) in [6.07, 6.45) is 0.662. The molecular weight excluding hydrogens is 276 g/mol. The van der Waals surface area contributed by atoms with Gasteiger partial charge in [0.05, 0.1) is 4.92 Å². The van der Waals surface area contributed by atoms with Gasteiger partial charge in [0.2, 0.25) is 5.91 Å². The Kier molecular flexibility index (Phi) is 2.67. The van der Waals surface area contributed by atoms with E-state index in [0.29, 0.717) is 23.1 Å². The summed E-state index contributed by atoms with van der Waals surface area (Å²) in [6.45, 7) is 1.93. The molecule has 0 N–H and O–H groups in total. The first kappa shape index (κ1) is 11.1. The first-order valence-electron chi connectivity index (χ1n) is 4.75. The van der Waals surface area contributed by atoms with Crippen molar-refractivity contribution in [3.63, 3.8) is 0 Å². The van der Waals surface area contributed by atoms with Crippen LogP contribution in [0.15, 0.2) is 16.6 Å². The van der Waals surface area contributed by atoms with Crippen molar-refractivity contribution in [2.24, 2.45) is 0 Å². The zero-order valence-electron chi connectivity index (χ0n) is 8.57. The molecule has 0 atom stereocenters. The summed E-state index contributed by atoms with van der Waals surface area (Å²) >= 11 is 3.23. The van der Waals surface area contributed by atoms with Gasteiger partial charge in [-0.2, -0.15) is 0 Å². The van der Waals surface area contributed by atoms with Crippen LogP contribution in [0.5, 0.6) is 0 Å². The lowest BCUT2D eigenvalue weighted by atomic mass is 10.1. The van der Waals surface area contributed by atoms with E-state index >= 15 is 0 Å². The average molecular weight is 285 g/mol. The summed E-state index contributed by atoms with van der Waals surface area (Å²) in [6, 6.07) is 3.26. The van der Waals surface area contributed by atoms with Crippen molar-refractivity contribution in [1.82, 2.24) is 0 Å². The van der Waals surface area contributed by atoms with Crippen LogP contribution in [-0.4, -0.2) is 17.4 Å². The highest BCUT2D eigenvalue weighted by Crippen LogP contribution is 2.39. The number of nitro benzene ring substituents is 1. The van der Waals surface area contributed by atoms with Crippen LogP contribution in [0.25, 0.3) is 0 Å². The first-order chi connectivity index (χ1) is 7.50. The van der Waals surface area contributed by atoms with Gasteiger partial charge >= 0.3 is 0 Å². The fourth-order valence-electron chi connectivity index (χ4n) is 1.94. The largest absolute Gasteiger partial charge is 0.306 e. The minimum atomic E-state index is -0.454. The molecule has 84 valence electrons. The number of nitrogens with zero attached hydrogens (tertiary/aromatic N) is 2. The van der Waals surface area contributed by atoms with Gasteiger partial charge in [-0.25, -0.2) is 0 Å². The van der Waals surface area contributed by atoms with E-state index < -0.39 is 4.92 Å². The topological polar surface area (TPSA) is 63.5 Å². The van der Waals surface area contributed by atoms with Crippen molar-refractivity contribution >= 4 is 33.2 Å². The number of rotatable bonds is 1. The predicted molar refractivity (Wildman–Crippen MR) is 62.5 cm³/mol. The average Bonchev–Trinajstić information content (AvgIpc) is 2.59. The summed E-state index contributed by atoms with van der Waals surface area (Å²) in [5, 5.41) is 10.9. The Bertz CT molecular complexity index is 487. The summed E-state index contributed by atoms with van der Waals surface area (Å²) in [4.78, 5) is 23.3. The van der Waals surface area contributed by atoms with E-state index in [1.165, 1.54) is 17.9 Å². The molecule has 5 nitrogen and oxygen atoms in total. The fraction of sp³-hybridized carbons (Fsp3) is 0.300. The van der Waals surface area contributed by atoms with Crippen molar-refractivity contribution in [2.75, 3.05) is 11.4 Å². The van der Waals surface area contributed by atoms with Crippen LogP contribution in [-0.2, 0) is 11.2 Å². The molecule has 0 spiro atoms. The maximum absolute atomic E-state index is 11.4. The molecule has 0 saturated carbocycles. The Morgan fingerprint density at radius 3 is 2.81 bits per heavy atom. The quantitative estimate of drug-likeness (QED) is 0.587. The second kappa shape index (κ2) is 3.86. The molecule has 0 unspecified atom stereocenters. The standard InChI is InChI=1S/C10H9BrN2O3/c1-6(14)12-3-2-7-4-8(11)5-9(10(7)12)13(15)16/h4-5H,2-3H2,1H3. The number of fused-ring (bicyclic) bond motifs is 1. The van der Waals surface area contributed by atoms with Crippen LogP contribution in [0.3, 0.4) is 0 Å². The Balaban J connectivity index is 2.63. The van der Waals surface area contributed by atoms with E-state index in [1.807, 2.05) is 6.07 Å². The monoisotopic (exact) mass is 284 g/mol. The third kappa shape index (κ3) is 1.69. The second-order valence-corrected chi connectivity index (χ2v) is 4.53. The van der Waals surface area contributed by atoms with E-state index in [-0.39, 0.29) is 11.6 Å². The molecule has 0 radical (unpaired) electrons. The van der Waals surface area contributed by atoms with Crippen LogP contribution in [0, 0.1) is 10.1 Å². The molecule has 6 heteroatoms. The van der Waals surface area contributed by atoms with E-state index in [1.54, 1.807) is 0 Å². The molecule has 1 aromatic carbocycles. The number of benzene rings is 1. The Morgan fingerprint density at radius 1 is 1.56 bits per heavy atom. The zero-order valence-corrected chi connectivity index (χ0v) is 10.2. The minimum Gasteiger partial charge on any atom is -0.306 e. The number of carbonyl (C=O) groups is 1. The molecule has 0 saturated heterocycles. The van der Waals surface area contributed by atoms with Crippen LogP contribution in [0.4, 0.5) is 11.4 Å². The van der Waals surface area contributed by atoms with Gasteiger partial charge in [-0.3, -0.25) is 14.9 Å². The maximum Gasteiger partial charge on any atom is 0.294 e. The molecule has 0 bridgehead atoms. The van der Waals surface area contributed by atoms with Crippen LogP contribution in [0.1, 0.15) is 12.5 Å². The van der Waals surface area contributed by atoms with Gasteiger partial charge in [-0.15, -0.1) is 0 Å². The smallest absolute Gasteiger partial charge is 0.294 e. The summed E-state index contributed by atoms with van der Waals surface area (Å²) < 4.78 is 0.670. The van der Waals surface area contributed by atoms with Crippen molar-refractivity contribution in [3.05, 3.63) is 32.3 Å². The highest BCUT2D eigenvalue weighted by atomic mass is 79.9. The fourth-order valence-corrected chi connectivity index (χ4v) is 2.43. The second-order valence-electron chi connectivity index (χ2n) is 3.61. The van der Waals surface area contributed by atoms with Crippen LogP contribution < -0.4 is 4.90 Å². The Labute approximate surface area is 100 Å². The van der Waals surface area contributed by atoms with Crippen molar-refractivity contribution in [3.8, 4) is 0 Å².